The minimum atomic E-state index is -0.153. The second-order valence-electron chi connectivity index (χ2n) is 10.2. The standard InChI is InChI=1S/C28H45N6O2PS/c1-4-6-11-34(19-22(21(3)7-5-2)8-12-33-13-17-36-18-14-33)25-24-27(30-20-29-25)38-28(32-24)26(37)31-23-9-15-35-16-10-23/h6-7,11,20,22-23,25H,4-5,8-10,12-19,37H2,1-3H3,(H,29,30)/b11-6+,21-7+,31-26?. The summed E-state index contributed by atoms with van der Waals surface area (Å²) in [6, 6.07) is 0.307. The molecule has 3 aliphatic rings. The topological polar surface area (TPSA) is 74.6 Å². The average molecular weight is 561 g/mol. The lowest BCUT2D eigenvalue weighted by atomic mass is 9.94. The summed E-state index contributed by atoms with van der Waals surface area (Å²) in [6.45, 7) is 14.0. The van der Waals surface area contributed by atoms with Gasteiger partial charge in [-0.25, -0.2) is 9.98 Å². The fraction of sp³-hybridized carbons (Fsp3) is 0.679. The van der Waals surface area contributed by atoms with Gasteiger partial charge in [-0.3, -0.25) is 9.89 Å². The number of hydrogen-bond donors (Lipinski definition) is 1. The van der Waals surface area contributed by atoms with E-state index in [0.29, 0.717) is 12.0 Å². The third-order valence-corrected chi connectivity index (χ3v) is 9.04. The van der Waals surface area contributed by atoms with Gasteiger partial charge in [-0.15, -0.1) is 0 Å². The van der Waals surface area contributed by atoms with E-state index in [9.17, 15) is 0 Å². The van der Waals surface area contributed by atoms with Gasteiger partial charge in [0.05, 0.1) is 31.0 Å². The Hall–Kier alpha value is -1.64. The zero-order valence-corrected chi connectivity index (χ0v) is 25.2. The van der Waals surface area contributed by atoms with E-state index in [1.54, 1.807) is 11.3 Å². The first kappa shape index (κ1) is 29.3. The smallest absolute Gasteiger partial charge is 0.168 e. The number of aromatic nitrogens is 1. The zero-order chi connectivity index (χ0) is 26.7. The number of nitrogens with zero attached hydrogens (tertiary/aromatic N) is 5. The van der Waals surface area contributed by atoms with Crippen LogP contribution in [-0.2, 0) is 9.47 Å². The molecule has 3 aliphatic heterocycles. The molecule has 8 nitrogen and oxygen atoms in total. The normalized spacial score (nSPS) is 22.5. The molecule has 0 spiro atoms. The van der Waals surface area contributed by atoms with Gasteiger partial charge >= 0.3 is 0 Å². The SMILES string of the molecule is CC/C=C/N(CC(CCN1CCOCC1)/C(C)=C/CC)C1N=CNc2sc(C(P)=NC3CCOCC3)nc21. The van der Waals surface area contributed by atoms with Gasteiger partial charge < -0.3 is 19.7 Å². The third-order valence-electron chi connectivity index (χ3n) is 7.39. The molecule has 10 heteroatoms. The largest absolute Gasteiger partial charge is 0.381 e. The number of thiazole rings is 1. The molecule has 4 rings (SSSR count). The Bertz CT molecular complexity index is 997. The Morgan fingerprint density at radius 3 is 2.74 bits per heavy atom. The second-order valence-corrected chi connectivity index (χ2v) is 11.7. The van der Waals surface area contributed by atoms with Crippen molar-refractivity contribution in [1.82, 2.24) is 14.8 Å². The van der Waals surface area contributed by atoms with Crippen LogP contribution in [0.15, 0.2) is 33.9 Å². The number of anilines is 1. The number of rotatable bonds is 12. The Labute approximate surface area is 234 Å². The summed E-state index contributed by atoms with van der Waals surface area (Å²) in [6.07, 6.45) is 13.6. The van der Waals surface area contributed by atoms with Crippen LogP contribution < -0.4 is 5.32 Å². The van der Waals surface area contributed by atoms with E-state index in [1.807, 2.05) is 6.34 Å². The molecule has 4 heterocycles. The van der Waals surface area contributed by atoms with Crippen molar-refractivity contribution in [2.24, 2.45) is 15.9 Å². The van der Waals surface area contributed by atoms with Crippen LogP contribution in [0.25, 0.3) is 0 Å². The second kappa shape index (κ2) is 15.2. The van der Waals surface area contributed by atoms with Crippen molar-refractivity contribution in [3.05, 3.63) is 34.6 Å². The summed E-state index contributed by atoms with van der Waals surface area (Å²) < 4.78 is 11.1. The maximum absolute atomic E-state index is 5.56. The van der Waals surface area contributed by atoms with E-state index >= 15 is 0 Å². The highest BCUT2D eigenvalue weighted by Crippen LogP contribution is 2.37. The van der Waals surface area contributed by atoms with Gasteiger partial charge in [0.1, 0.15) is 15.7 Å². The summed E-state index contributed by atoms with van der Waals surface area (Å²) in [4.78, 5) is 19.9. The first-order valence-corrected chi connectivity index (χ1v) is 15.6. The number of aliphatic imine (C=N–C) groups is 2. The fourth-order valence-corrected chi connectivity index (χ4v) is 6.43. The molecule has 2 saturated heterocycles. The monoisotopic (exact) mass is 560 g/mol. The lowest BCUT2D eigenvalue weighted by Crippen LogP contribution is -2.38. The van der Waals surface area contributed by atoms with Gasteiger partial charge in [0.25, 0.3) is 0 Å². The molecule has 0 bridgehead atoms. The van der Waals surface area contributed by atoms with Crippen LogP contribution in [0.1, 0.15) is 69.7 Å². The van der Waals surface area contributed by atoms with Crippen LogP contribution in [0.3, 0.4) is 0 Å². The van der Waals surface area contributed by atoms with Gasteiger partial charge in [-0.1, -0.05) is 52.1 Å². The van der Waals surface area contributed by atoms with Crippen molar-refractivity contribution >= 4 is 37.4 Å². The van der Waals surface area contributed by atoms with E-state index in [4.69, 9.17) is 24.4 Å². The molecule has 2 fully saturated rings. The van der Waals surface area contributed by atoms with Crippen LogP contribution in [0.5, 0.6) is 0 Å². The highest BCUT2D eigenvalue weighted by atomic mass is 32.1. The summed E-state index contributed by atoms with van der Waals surface area (Å²) in [5.41, 5.74) is 3.38. The molecule has 0 aromatic carbocycles. The molecule has 0 saturated carbocycles. The predicted molar refractivity (Wildman–Crippen MR) is 163 cm³/mol. The first-order valence-electron chi connectivity index (χ1n) is 14.2. The Kier molecular flexibility index (Phi) is 11.8. The van der Waals surface area contributed by atoms with Crippen molar-refractivity contribution < 1.29 is 9.47 Å². The number of allylic oxidation sites excluding steroid dienone is 2. The molecule has 1 N–H and O–H groups in total. The molecule has 0 aliphatic carbocycles. The summed E-state index contributed by atoms with van der Waals surface area (Å²) in [7, 11) is 2.81. The highest BCUT2D eigenvalue weighted by Gasteiger charge is 2.29. The van der Waals surface area contributed by atoms with Crippen molar-refractivity contribution in [2.75, 3.05) is 57.9 Å². The molecular weight excluding hydrogens is 515 g/mol. The number of nitrogens with one attached hydrogen (secondary N) is 1. The van der Waals surface area contributed by atoms with Crippen molar-refractivity contribution in [2.45, 2.75) is 65.1 Å². The van der Waals surface area contributed by atoms with Crippen LogP contribution in [0, 0.1) is 5.92 Å². The maximum atomic E-state index is 5.56. The summed E-state index contributed by atoms with van der Waals surface area (Å²) in [5, 5.41) is 5.35. The van der Waals surface area contributed by atoms with Gasteiger partial charge in [0, 0.05) is 32.8 Å². The third kappa shape index (κ3) is 8.18. The molecule has 1 aromatic heterocycles. The molecule has 3 unspecified atom stereocenters. The highest BCUT2D eigenvalue weighted by molar-refractivity contribution is 7.44. The fourth-order valence-electron chi connectivity index (χ4n) is 5.12. The van der Waals surface area contributed by atoms with Crippen molar-refractivity contribution in [3.63, 3.8) is 0 Å². The molecule has 0 radical (unpaired) electrons. The number of morpholine rings is 1. The number of ether oxygens (including phenoxy) is 2. The van der Waals surface area contributed by atoms with E-state index in [2.05, 4.69) is 63.5 Å². The van der Waals surface area contributed by atoms with Gasteiger partial charge in [0.2, 0.25) is 0 Å². The molecule has 0 amide bonds. The van der Waals surface area contributed by atoms with E-state index in [1.165, 1.54) is 5.57 Å². The Morgan fingerprint density at radius 2 is 2.00 bits per heavy atom. The van der Waals surface area contributed by atoms with Gasteiger partial charge in [-0.05, 0) is 57.7 Å². The molecular formula is C28H45N6O2PS. The lowest BCUT2D eigenvalue weighted by molar-refractivity contribution is 0.0353. The number of hydrogen-bond acceptors (Lipinski definition) is 9. The molecule has 38 heavy (non-hydrogen) atoms. The zero-order valence-electron chi connectivity index (χ0n) is 23.3. The maximum Gasteiger partial charge on any atom is 0.168 e. The van der Waals surface area contributed by atoms with E-state index < -0.39 is 0 Å². The van der Waals surface area contributed by atoms with E-state index in [0.717, 1.165) is 106 Å². The van der Waals surface area contributed by atoms with Gasteiger partial charge in [-0.2, -0.15) is 0 Å². The van der Waals surface area contributed by atoms with Crippen LogP contribution in [0.2, 0.25) is 0 Å². The van der Waals surface area contributed by atoms with E-state index in [-0.39, 0.29) is 6.17 Å². The summed E-state index contributed by atoms with van der Waals surface area (Å²) in [5.74, 6) is 0.443. The summed E-state index contributed by atoms with van der Waals surface area (Å²) >= 11 is 1.66. The lowest BCUT2D eigenvalue weighted by Gasteiger charge is -2.34. The van der Waals surface area contributed by atoms with Gasteiger partial charge in [0.15, 0.2) is 6.17 Å². The average Bonchev–Trinajstić information content (AvgIpc) is 3.39. The minimum absolute atomic E-state index is 0.153. The van der Waals surface area contributed by atoms with Crippen LogP contribution in [0.4, 0.5) is 5.00 Å². The van der Waals surface area contributed by atoms with Crippen molar-refractivity contribution in [3.8, 4) is 0 Å². The Morgan fingerprint density at radius 1 is 1.24 bits per heavy atom. The Balaban J connectivity index is 1.54. The molecule has 210 valence electrons. The predicted octanol–water partition coefficient (Wildman–Crippen LogP) is 5.32. The molecule has 3 atom stereocenters. The number of fused-ring (bicyclic) bond motifs is 1. The quantitative estimate of drug-likeness (QED) is 0.212. The minimum Gasteiger partial charge on any atom is -0.381 e. The molecule has 1 aromatic rings. The van der Waals surface area contributed by atoms with Crippen LogP contribution in [-0.4, -0.2) is 85.2 Å². The van der Waals surface area contributed by atoms with Crippen molar-refractivity contribution in [1.29, 1.82) is 0 Å². The van der Waals surface area contributed by atoms with Crippen LogP contribution >= 0.6 is 20.6 Å². The first-order chi connectivity index (χ1) is 18.6.